The highest BCUT2D eigenvalue weighted by Gasteiger charge is 2.39. The van der Waals surface area contributed by atoms with E-state index in [0.717, 1.165) is 34.8 Å². The minimum Gasteiger partial charge on any atom is -0.497 e. The van der Waals surface area contributed by atoms with Crippen LogP contribution >= 0.6 is 11.8 Å². The number of carbonyl (C=O) groups is 1. The molecule has 1 unspecified atom stereocenters. The van der Waals surface area contributed by atoms with Crippen molar-refractivity contribution in [3.8, 4) is 11.5 Å². The van der Waals surface area contributed by atoms with Gasteiger partial charge in [0.1, 0.15) is 11.5 Å². The number of anilines is 1. The summed E-state index contributed by atoms with van der Waals surface area (Å²) in [7, 11) is -0.800. The molecular weight excluding hydrogens is 685 g/mol. The molecule has 2 aliphatic rings. The molecule has 1 amide bonds. The summed E-state index contributed by atoms with van der Waals surface area (Å²) in [5.41, 5.74) is 2.90. The highest BCUT2D eigenvalue weighted by molar-refractivity contribution is 7.98. The van der Waals surface area contributed by atoms with Crippen LogP contribution in [0.3, 0.4) is 0 Å². The molecule has 2 aliphatic heterocycles. The van der Waals surface area contributed by atoms with Crippen LogP contribution in [0, 0.1) is 6.92 Å². The first-order valence-electron chi connectivity index (χ1n) is 17.3. The molecule has 0 spiro atoms. The molecule has 2 heterocycles. The van der Waals surface area contributed by atoms with Gasteiger partial charge in [0.15, 0.2) is 12.0 Å². The summed E-state index contributed by atoms with van der Waals surface area (Å²) in [6, 6.07) is 30.6. The molecule has 1 fully saturated rings. The van der Waals surface area contributed by atoms with E-state index in [4.69, 9.17) is 18.9 Å². The van der Waals surface area contributed by atoms with Crippen LogP contribution in [0.25, 0.3) is 0 Å². The molecule has 0 aliphatic carbocycles. The van der Waals surface area contributed by atoms with Crippen LogP contribution in [-0.4, -0.2) is 72.7 Å². The van der Waals surface area contributed by atoms with Gasteiger partial charge < -0.3 is 29.2 Å². The predicted molar refractivity (Wildman–Crippen MR) is 202 cm³/mol. The smallest absolute Gasteiger partial charge is 0.265 e. The zero-order valence-electron chi connectivity index (χ0n) is 29.3. The summed E-state index contributed by atoms with van der Waals surface area (Å²) in [4.78, 5) is 14.8. The first-order chi connectivity index (χ1) is 24.8. The van der Waals surface area contributed by atoms with Gasteiger partial charge in [-0.25, -0.2) is 8.42 Å². The van der Waals surface area contributed by atoms with E-state index in [-0.39, 0.29) is 29.4 Å². The van der Waals surface area contributed by atoms with Crippen LogP contribution in [0.15, 0.2) is 102 Å². The Morgan fingerprint density at radius 2 is 1.75 bits per heavy atom. The van der Waals surface area contributed by atoms with E-state index in [1.165, 1.54) is 5.56 Å². The molecular formula is C40H46N2O7S2. The fourth-order valence-corrected chi connectivity index (χ4v) is 9.29. The maximum absolute atomic E-state index is 14.6. The lowest BCUT2D eigenvalue weighted by molar-refractivity contribution is -0.121. The van der Waals surface area contributed by atoms with Crippen LogP contribution in [0.4, 0.5) is 5.69 Å². The van der Waals surface area contributed by atoms with Gasteiger partial charge in [-0.05, 0) is 72.9 Å². The molecule has 1 N–H and O–H groups in total. The Hall–Kier alpha value is -3.87. The molecule has 0 bridgehead atoms. The molecule has 51 heavy (non-hydrogen) atoms. The largest absolute Gasteiger partial charge is 0.497 e. The van der Waals surface area contributed by atoms with Crippen molar-refractivity contribution in [3.63, 3.8) is 0 Å². The summed E-state index contributed by atoms with van der Waals surface area (Å²) in [5, 5.41) is 3.67. The number of benzene rings is 4. The Bertz CT molecular complexity index is 1850. The van der Waals surface area contributed by atoms with E-state index in [1.54, 1.807) is 61.6 Å². The van der Waals surface area contributed by atoms with Crippen LogP contribution in [-0.2, 0) is 29.9 Å². The monoisotopic (exact) mass is 730 g/mol. The quantitative estimate of drug-likeness (QED) is 0.134. The van der Waals surface area contributed by atoms with E-state index in [2.05, 4.69) is 29.6 Å². The van der Waals surface area contributed by atoms with Gasteiger partial charge in [-0.3, -0.25) is 4.79 Å². The standard InChI is InChI=1S/C40H46N2O7S2/c1-28-10-17-34(18-11-28)51(44,45)40(31-14-19-37-36(22-31)42(20-7-21-46-2)39(43)25-48-37)49-38-24-41-32(27-50-26-29-8-5-4-6-9-29)23-35(38)30-12-15-33(47-3)16-13-30/h4-6,8-19,22,32,35,38,40-41H,7,20-21,23-27H2,1-3H3/t32-,35+,38-,40?/m0/s1. The van der Waals surface area contributed by atoms with Crippen LogP contribution in [0.2, 0.25) is 0 Å². The van der Waals surface area contributed by atoms with Crippen molar-refractivity contribution < 1.29 is 32.2 Å². The zero-order valence-corrected chi connectivity index (χ0v) is 31.0. The van der Waals surface area contributed by atoms with Gasteiger partial charge in [-0.1, -0.05) is 66.2 Å². The number of hydrogen-bond acceptors (Lipinski definition) is 9. The highest BCUT2D eigenvalue weighted by Crippen LogP contribution is 2.42. The minimum absolute atomic E-state index is 0.0803. The molecule has 0 saturated carbocycles. The first kappa shape index (κ1) is 36.9. The van der Waals surface area contributed by atoms with Crippen molar-refractivity contribution in [2.45, 2.75) is 53.9 Å². The van der Waals surface area contributed by atoms with Gasteiger partial charge in [0, 0.05) is 50.3 Å². The number of amides is 1. The molecule has 1 saturated heterocycles. The third-order valence-corrected chi connectivity index (χ3v) is 12.5. The number of nitrogens with one attached hydrogen (secondary N) is 1. The SMILES string of the molecule is COCCCN1C(=O)COc2ccc(C(O[C@H]3CN[C@H](CSCc4ccccc4)C[C@@H]3c3ccc(OC)cc3)S(=O)(=O)c3ccc(C)cc3)cc21. The summed E-state index contributed by atoms with van der Waals surface area (Å²) in [5.74, 6) is 2.80. The van der Waals surface area contributed by atoms with E-state index >= 15 is 0 Å². The van der Waals surface area contributed by atoms with Gasteiger partial charge >= 0.3 is 0 Å². The number of rotatable bonds is 15. The molecule has 4 aromatic rings. The average molecular weight is 731 g/mol. The number of sulfone groups is 1. The van der Waals surface area contributed by atoms with Crippen LogP contribution in [0.1, 0.15) is 46.4 Å². The number of thioether (sulfide) groups is 1. The number of ether oxygens (including phenoxy) is 4. The Morgan fingerprint density at radius 3 is 2.47 bits per heavy atom. The number of methoxy groups -OCH3 is 2. The number of aryl methyl sites for hydroxylation is 1. The second-order valence-corrected chi connectivity index (χ2v) is 16.0. The molecule has 0 radical (unpaired) electrons. The van der Waals surface area contributed by atoms with Gasteiger partial charge in [-0.2, -0.15) is 11.8 Å². The lowest BCUT2D eigenvalue weighted by atomic mass is 9.84. The van der Waals surface area contributed by atoms with Gasteiger partial charge in [0.05, 0.1) is 23.8 Å². The van der Waals surface area contributed by atoms with Crippen molar-refractivity contribution in [3.05, 3.63) is 119 Å². The van der Waals surface area contributed by atoms with Crippen molar-refractivity contribution >= 4 is 33.2 Å². The number of fused-ring (bicyclic) bond motifs is 1. The highest BCUT2D eigenvalue weighted by atomic mass is 32.2. The van der Waals surface area contributed by atoms with E-state index in [9.17, 15) is 13.2 Å². The summed E-state index contributed by atoms with van der Waals surface area (Å²) in [6.07, 6.45) is 0.900. The normalized spacial score (nSPS) is 19.6. The number of hydrogen-bond donors (Lipinski definition) is 1. The predicted octanol–water partition coefficient (Wildman–Crippen LogP) is 6.70. The summed E-state index contributed by atoms with van der Waals surface area (Å²) < 4.78 is 52.6. The average Bonchev–Trinajstić information content (AvgIpc) is 3.15. The number of carbonyl (C=O) groups excluding carboxylic acids is 1. The van der Waals surface area contributed by atoms with Crippen molar-refractivity contribution in [1.29, 1.82) is 0 Å². The Morgan fingerprint density at radius 1 is 0.980 bits per heavy atom. The fourth-order valence-electron chi connectivity index (χ4n) is 6.65. The Balaban J connectivity index is 1.33. The lowest BCUT2D eigenvalue weighted by Gasteiger charge is -2.39. The first-order valence-corrected chi connectivity index (χ1v) is 20.0. The Labute approximate surface area is 305 Å². The van der Waals surface area contributed by atoms with Crippen LogP contribution < -0.4 is 19.7 Å². The molecule has 4 aromatic carbocycles. The topological polar surface area (TPSA) is 103 Å². The third kappa shape index (κ3) is 8.96. The Kier molecular flexibility index (Phi) is 12.4. The molecule has 6 rings (SSSR count). The molecule has 11 heteroatoms. The van der Waals surface area contributed by atoms with Gasteiger partial charge in [-0.15, -0.1) is 0 Å². The van der Waals surface area contributed by atoms with Crippen molar-refractivity contribution in [2.24, 2.45) is 0 Å². The molecule has 270 valence electrons. The summed E-state index contributed by atoms with van der Waals surface area (Å²) in [6.45, 7) is 3.20. The fraction of sp³-hybridized carbons (Fsp3) is 0.375. The molecule has 9 nitrogen and oxygen atoms in total. The second-order valence-electron chi connectivity index (χ2n) is 13.0. The second kappa shape index (κ2) is 17.1. The van der Waals surface area contributed by atoms with Gasteiger partial charge in [0.25, 0.3) is 5.91 Å². The zero-order chi connectivity index (χ0) is 35.8. The molecule has 0 aromatic heterocycles. The van der Waals surface area contributed by atoms with E-state index < -0.39 is 21.4 Å². The maximum atomic E-state index is 14.6. The minimum atomic E-state index is -4.06. The maximum Gasteiger partial charge on any atom is 0.265 e. The van der Waals surface area contributed by atoms with Crippen molar-refractivity contribution in [2.75, 3.05) is 51.2 Å². The van der Waals surface area contributed by atoms with Gasteiger partial charge in [0.2, 0.25) is 9.84 Å². The molecule has 4 atom stereocenters. The van der Waals surface area contributed by atoms with E-state index in [1.807, 2.05) is 49.0 Å². The number of piperidine rings is 1. The van der Waals surface area contributed by atoms with Crippen molar-refractivity contribution in [1.82, 2.24) is 5.32 Å². The number of nitrogens with zero attached hydrogens (tertiary/aromatic N) is 1. The van der Waals surface area contributed by atoms with E-state index in [0.29, 0.717) is 43.1 Å². The third-order valence-electron chi connectivity index (χ3n) is 9.43. The summed E-state index contributed by atoms with van der Waals surface area (Å²) >= 11 is 1.88. The van der Waals surface area contributed by atoms with Crippen LogP contribution in [0.5, 0.6) is 11.5 Å². The lowest BCUT2D eigenvalue weighted by Crippen LogP contribution is -2.49.